The summed E-state index contributed by atoms with van der Waals surface area (Å²) < 4.78 is 5.55. The Hall–Kier alpha value is -2.07. The third-order valence-corrected chi connectivity index (χ3v) is 3.46. The average Bonchev–Trinajstić information content (AvgIpc) is 2.58. The molecule has 0 N–H and O–H groups in total. The summed E-state index contributed by atoms with van der Waals surface area (Å²) in [6.07, 6.45) is 0. The van der Waals surface area contributed by atoms with Crippen LogP contribution in [0.15, 0.2) is 91.0 Å². The molecule has 0 atom stereocenters. The topological polar surface area (TPSA) is 26.3 Å². The van der Waals surface area contributed by atoms with Crippen LogP contribution in [0.3, 0.4) is 0 Å². The van der Waals surface area contributed by atoms with Crippen LogP contribution in [-0.4, -0.2) is 29.9 Å². The van der Waals surface area contributed by atoms with E-state index in [1.54, 1.807) is 12.1 Å². The molecule has 3 aromatic rings. The van der Waals surface area contributed by atoms with Gasteiger partial charge in [-0.25, -0.2) is 0 Å². The van der Waals surface area contributed by atoms with Crippen molar-refractivity contribution in [2.24, 2.45) is 0 Å². The van der Waals surface area contributed by atoms with E-state index in [4.69, 9.17) is 4.74 Å². The summed E-state index contributed by atoms with van der Waals surface area (Å²) in [6.45, 7) is 0. The van der Waals surface area contributed by atoms with Gasteiger partial charge in [0.1, 0.15) is 11.7 Å². The van der Waals surface area contributed by atoms with Gasteiger partial charge in [0.05, 0.1) is 0 Å². The monoisotopic (exact) mass is 412 g/mol. The van der Waals surface area contributed by atoms with Crippen molar-refractivity contribution in [3.05, 3.63) is 102 Å². The molecule has 0 fully saturated rings. The summed E-state index contributed by atoms with van der Waals surface area (Å²) in [7, 11) is 0. The molecule has 0 spiro atoms. The van der Waals surface area contributed by atoms with Crippen molar-refractivity contribution in [1.82, 2.24) is 0 Å². The van der Waals surface area contributed by atoms with E-state index in [-0.39, 0.29) is 29.9 Å². The van der Waals surface area contributed by atoms with Crippen LogP contribution in [0.2, 0.25) is 0 Å². The Morgan fingerprint density at radius 1 is 0.652 bits per heavy atom. The van der Waals surface area contributed by atoms with Crippen molar-refractivity contribution < 1.29 is 9.53 Å². The van der Waals surface area contributed by atoms with E-state index >= 15 is 0 Å². The standard InChI is InChI=1S/C20H16O2.Sn.4H/c21-20(22-18-14-8-3-9-15-18)19(16-10-4-1-5-11-16)17-12-6-2-7-13-17;;;;;/h1-15,19H;;;;;. The molecule has 0 aliphatic carbocycles. The van der Waals surface area contributed by atoms with Gasteiger partial charge in [-0.05, 0) is 23.3 Å². The fourth-order valence-corrected chi connectivity index (χ4v) is 2.42. The summed E-state index contributed by atoms with van der Waals surface area (Å²) in [5.41, 5.74) is 1.85. The first kappa shape index (κ1) is 17.3. The van der Waals surface area contributed by atoms with E-state index in [1.807, 2.05) is 78.9 Å². The number of para-hydroxylation sites is 1. The zero-order valence-corrected chi connectivity index (χ0v) is 12.1. The molecule has 0 amide bonds. The molecular weight excluding hydrogens is 391 g/mol. The Kier molecular flexibility index (Phi) is 6.41. The zero-order valence-electron chi connectivity index (χ0n) is 12.1. The van der Waals surface area contributed by atoms with Crippen molar-refractivity contribution in [2.75, 3.05) is 0 Å². The number of esters is 1. The van der Waals surface area contributed by atoms with Gasteiger partial charge < -0.3 is 4.74 Å². The summed E-state index contributed by atoms with van der Waals surface area (Å²) >= 11 is 0. The number of hydrogen-bond donors (Lipinski definition) is 0. The Labute approximate surface area is 153 Å². The van der Waals surface area contributed by atoms with Gasteiger partial charge in [-0.2, -0.15) is 0 Å². The van der Waals surface area contributed by atoms with Crippen LogP contribution >= 0.6 is 0 Å². The SMILES string of the molecule is O=C(Oc1ccccc1)C(c1ccccc1)c1ccccc1.[SnH4]. The van der Waals surface area contributed by atoms with Crippen LogP contribution in [0, 0.1) is 0 Å². The van der Waals surface area contributed by atoms with Crippen LogP contribution < -0.4 is 4.74 Å². The maximum absolute atomic E-state index is 12.7. The zero-order chi connectivity index (χ0) is 15.2. The molecule has 0 aliphatic rings. The van der Waals surface area contributed by atoms with E-state index in [0.717, 1.165) is 11.1 Å². The average molecular weight is 411 g/mol. The fourth-order valence-electron chi connectivity index (χ4n) is 2.42. The Morgan fingerprint density at radius 3 is 1.48 bits per heavy atom. The molecule has 0 bridgehead atoms. The number of ether oxygens (including phenoxy) is 1. The molecule has 0 saturated heterocycles. The Bertz CT molecular complexity index is 688. The van der Waals surface area contributed by atoms with Crippen molar-refractivity contribution in [3.63, 3.8) is 0 Å². The fraction of sp³-hybridized carbons (Fsp3) is 0.0500. The minimum absolute atomic E-state index is 0. The first-order valence-electron chi connectivity index (χ1n) is 7.21. The van der Waals surface area contributed by atoms with Gasteiger partial charge in [-0.15, -0.1) is 0 Å². The number of carbonyl (C=O) groups excluding carboxylic acids is 1. The van der Waals surface area contributed by atoms with Crippen molar-refractivity contribution in [3.8, 4) is 5.75 Å². The second kappa shape index (κ2) is 8.53. The number of benzene rings is 3. The van der Waals surface area contributed by atoms with Gasteiger partial charge in [0.15, 0.2) is 0 Å². The molecule has 3 heteroatoms. The molecule has 0 aromatic heterocycles. The molecule has 2 nitrogen and oxygen atoms in total. The van der Waals surface area contributed by atoms with Crippen LogP contribution in [0.4, 0.5) is 0 Å². The number of carbonyl (C=O) groups is 1. The van der Waals surface area contributed by atoms with E-state index < -0.39 is 5.92 Å². The molecule has 3 aromatic carbocycles. The van der Waals surface area contributed by atoms with Crippen LogP contribution in [0.5, 0.6) is 5.75 Å². The summed E-state index contributed by atoms with van der Waals surface area (Å²) in [5.74, 6) is -0.143. The van der Waals surface area contributed by atoms with E-state index in [9.17, 15) is 4.79 Å². The first-order valence-corrected chi connectivity index (χ1v) is 7.21. The Morgan fingerprint density at radius 2 is 1.04 bits per heavy atom. The van der Waals surface area contributed by atoms with E-state index in [0.29, 0.717) is 5.75 Å². The van der Waals surface area contributed by atoms with Gasteiger partial charge in [-0.3, -0.25) is 4.79 Å². The third-order valence-electron chi connectivity index (χ3n) is 3.46. The molecular formula is C20H20O2Sn. The van der Waals surface area contributed by atoms with Gasteiger partial charge in [0.2, 0.25) is 0 Å². The molecule has 116 valence electrons. The summed E-state index contributed by atoms with van der Waals surface area (Å²) in [4.78, 5) is 12.7. The summed E-state index contributed by atoms with van der Waals surface area (Å²) in [6, 6.07) is 28.6. The predicted octanol–water partition coefficient (Wildman–Crippen LogP) is 2.97. The third kappa shape index (κ3) is 4.45. The number of hydrogen-bond acceptors (Lipinski definition) is 2. The van der Waals surface area contributed by atoms with Crippen molar-refractivity contribution >= 4 is 29.9 Å². The van der Waals surface area contributed by atoms with Gasteiger partial charge in [-0.1, -0.05) is 78.9 Å². The molecule has 0 radical (unpaired) electrons. The van der Waals surface area contributed by atoms with E-state index in [1.165, 1.54) is 0 Å². The molecule has 0 unspecified atom stereocenters. The van der Waals surface area contributed by atoms with Crippen LogP contribution in [0.1, 0.15) is 17.0 Å². The van der Waals surface area contributed by atoms with Gasteiger partial charge >= 0.3 is 29.9 Å². The molecule has 23 heavy (non-hydrogen) atoms. The maximum atomic E-state index is 12.7. The molecule has 3 rings (SSSR count). The van der Waals surface area contributed by atoms with Crippen LogP contribution in [-0.2, 0) is 4.79 Å². The predicted molar refractivity (Wildman–Crippen MR) is 98.1 cm³/mol. The molecule has 0 heterocycles. The first-order chi connectivity index (χ1) is 10.8. The normalized spacial score (nSPS) is 9.96. The quantitative estimate of drug-likeness (QED) is 0.375. The Balaban J connectivity index is 0.00000192. The molecule has 0 aliphatic heterocycles. The minimum atomic E-state index is -0.428. The summed E-state index contributed by atoms with van der Waals surface area (Å²) in [5, 5.41) is 0. The second-order valence-electron chi connectivity index (χ2n) is 4.99. The second-order valence-corrected chi connectivity index (χ2v) is 4.99. The van der Waals surface area contributed by atoms with Crippen LogP contribution in [0.25, 0.3) is 0 Å². The van der Waals surface area contributed by atoms with Crippen molar-refractivity contribution in [2.45, 2.75) is 5.92 Å². The van der Waals surface area contributed by atoms with Crippen molar-refractivity contribution in [1.29, 1.82) is 0 Å². The van der Waals surface area contributed by atoms with E-state index in [2.05, 4.69) is 0 Å². The van der Waals surface area contributed by atoms with Gasteiger partial charge in [0, 0.05) is 0 Å². The molecule has 0 saturated carbocycles. The number of rotatable bonds is 4. The van der Waals surface area contributed by atoms with Gasteiger partial charge in [0.25, 0.3) is 0 Å².